The molecule has 1 aromatic rings. The van der Waals surface area contributed by atoms with Crippen LogP contribution in [-0.2, 0) is 14.6 Å². The van der Waals surface area contributed by atoms with Gasteiger partial charge in [-0.3, -0.25) is 0 Å². The van der Waals surface area contributed by atoms with Gasteiger partial charge < -0.3 is 14.8 Å². The normalized spacial score (nSPS) is 19.9. The summed E-state index contributed by atoms with van der Waals surface area (Å²) >= 11 is 5.04. The summed E-state index contributed by atoms with van der Waals surface area (Å²) in [7, 11) is -2.84. The molecule has 2 rings (SSSR count). The number of nitrogens with one attached hydrogen (secondary N) is 1. The van der Waals surface area contributed by atoms with Crippen LogP contribution < -0.4 is 10.1 Å². The molecule has 7 heteroatoms. The maximum Gasteiger partial charge on any atom is 0.256 e. The summed E-state index contributed by atoms with van der Waals surface area (Å²) in [5, 5.41) is 3.24. The molecule has 0 spiro atoms. The lowest BCUT2D eigenvalue weighted by Gasteiger charge is -2.13. The third-order valence-electron chi connectivity index (χ3n) is 3.19. The van der Waals surface area contributed by atoms with Gasteiger partial charge in [0.1, 0.15) is 19.0 Å². The molecule has 0 radical (unpaired) electrons. The minimum Gasteiger partial charge on any atom is -0.490 e. The number of hydrogen-bond donors (Lipinski definition) is 1. The molecule has 1 fully saturated rings. The van der Waals surface area contributed by atoms with Gasteiger partial charge in [0.25, 0.3) is 5.17 Å². The van der Waals surface area contributed by atoms with Gasteiger partial charge in [0.15, 0.2) is 9.84 Å². The van der Waals surface area contributed by atoms with Crippen molar-refractivity contribution in [1.29, 1.82) is 0 Å². The maximum atomic E-state index is 11.3. The van der Waals surface area contributed by atoms with Crippen LogP contribution >= 0.6 is 12.2 Å². The first-order valence-electron chi connectivity index (χ1n) is 6.84. The van der Waals surface area contributed by atoms with E-state index in [2.05, 4.69) is 5.32 Å². The van der Waals surface area contributed by atoms with E-state index in [1.54, 1.807) is 0 Å². The molecule has 0 amide bonds. The van der Waals surface area contributed by atoms with Gasteiger partial charge in [0, 0.05) is 6.54 Å². The van der Waals surface area contributed by atoms with Gasteiger partial charge in [0.2, 0.25) is 0 Å². The van der Waals surface area contributed by atoms with Crippen LogP contribution in [0.3, 0.4) is 0 Å². The molecule has 1 atom stereocenters. The van der Waals surface area contributed by atoms with Crippen LogP contribution in [-0.4, -0.2) is 44.9 Å². The fourth-order valence-electron chi connectivity index (χ4n) is 2.12. The van der Waals surface area contributed by atoms with Crippen LogP contribution in [0.2, 0.25) is 0 Å². The molecule has 0 saturated carbocycles. The third kappa shape index (κ3) is 5.89. The molecule has 1 aromatic carbocycles. The topological polar surface area (TPSA) is 64.6 Å². The Labute approximate surface area is 130 Å². The van der Waals surface area contributed by atoms with E-state index in [-0.39, 0.29) is 22.6 Å². The smallest absolute Gasteiger partial charge is 0.256 e. The highest BCUT2D eigenvalue weighted by molar-refractivity contribution is 7.91. The van der Waals surface area contributed by atoms with Gasteiger partial charge >= 0.3 is 0 Å². The number of para-hydroxylation sites is 1. The third-order valence-corrected chi connectivity index (χ3v) is 5.29. The van der Waals surface area contributed by atoms with Crippen molar-refractivity contribution in [2.75, 3.05) is 31.3 Å². The zero-order chi connectivity index (χ0) is 15.1. The fourth-order valence-corrected chi connectivity index (χ4v) is 4.15. The van der Waals surface area contributed by atoms with Gasteiger partial charge in [-0.25, -0.2) is 8.42 Å². The molecule has 1 saturated heterocycles. The number of sulfone groups is 1. The van der Waals surface area contributed by atoms with E-state index < -0.39 is 9.84 Å². The highest BCUT2D eigenvalue weighted by Crippen LogP contribution is 2.17. The zero-order valence-corrected chi connectivity index (χ0v) is 13.3. The van der Waals surface area contributed by atoms with Gasteiger partial charge in [-0.05, 0) is 36.7 Å². The Morgan fingerprint density at radius 2 is 2.05 bits per heavy atom. The van der Waals surface area contributed by atoms with Crippen LogP contribution in [0.4, 0.5) is 0 Å². The SMILES string of the molecule is O=S1(=O)CCC(CNC(=S)OCCOc2ccccc2)C1. The van der Waals surface area contributed by atoms with E-state index >= 15 is 0 Å². The van der Waals surface area contributed by atoms with E-state index in [0.717, 1.165) is 5.75 Å². The average molecular weight is 329 g/mol. The first kappa shape index (κ1) is 16.0. The molecule has 0 bridgehead atoms. The van der Waals surface area contributed by atoms with E-state index in [0.29, 0.717) is 26.2 Å². The molecule has 1 aliphatic rings. The molecule has 1 aliphatic heterocycles. The van der Waals surface area contributed by atoms with Crippen molar-refractivity contribution in [2.24, 2.45) is 5.92 Å². The van der Waals surface area contributed by atoms with Gasteiger partial charge in [-0.2, -0.15) is 0 Å². The molecular formula is C14H19NO4S2. The molecule has 0 aromatic heterocycles. The zero-order valence-electron chi connectivity index (χ0n) is 11.7. The van der Waals surface area contributed by atoms with Crippen LogP contribution in [0.15, 0.2) is 30.3 Å². The largest absolute Gasteiger partial charge is 0.490 e. The minimum absolute atomic E-state index is 0.122. The Bertz CT molecular complexity index is 560. The molecule has 5 nitrogen and oxygen atoms in total. The van der Waals surface area contributed by atoms with Crippen molar-refractivity contribution in [3.8, 4) is 5.75 Å². The molecule has 1 unspecified atom stereocenters. The van der Waals surface area contributed by atoms with Crippen molar-refractivity contribution in [2.45, 2.75) is 6.42 Å². The maximum absolute atomic E-state index is 11.3. The van der Waals surface area contributed by atoms with Crippen LogP contribution in [0.25, 0.3) is 0 Å². The molecular weight excluding hydrogens is 310 g/mol. The Morgan fingerprint density at radius 1 is 1.29 bits per heavy atom. The lowest BCUT2D eigenvalue weighted by molar-refractivity contribution is 0.206. The average Bonchev–Trinajstić information content (AvgIpc) is 2.82. The Morgan fingerprint density at radius 3 is 2.71 bits per heavy atom. The van der Waals surface area contributed by atoms with E-state index in [1.165, 1.54) is 0 Å². The second-order valence-electron chi connectivity index (χ2n) is 4.95. The van der Waals surface area contributed by atoms with Crippen LogP contribution in [0.5, 0.6) is 5.75 Å². The summed E-state index contributed by atoms with van der Waals surface area (Å²) in [4.78, 5) is 0. The second-order valence-corrected chi connectivity index (χ2v) is 7.55. The van der Waals surface area contributed by atoms with Crippen molar-refractivity contribution in [3.05, 3.63) is 30.3 Å². The number of thiocarbonyl (C=S) groups is 1. The van der Waals surface area contributed by atoms with Crippen molar-refractivity contribution < 1.29 is 17.9 Å². The monoisotopic (exact) mass is 329 g/mol. The number of rotatable bonds is 6. The van der Waals surface area contributed by atoms with Crippen LogP contribution in [0.1, 0.15) is 6.42 Å². The van der Waals surface area contributed by atoms with E-state index in [1.807, 2.05) is 30.3 Å². The summed E-state index contributed by atoms with van der Waals surface area (Å²) < 4.78 is 33.4. The summed E-state index contributed by atoms with van der Waals surface area (Å²) in [5.74, 6) is 1.42. The van der Waals surface area contributed by atoms with Gasteiger partial charge in [-0.15, -0.1) is 0 Å². The fraction of sp³-hybridized carbons (Fsp3) is 0.500. The first-order valence-corrected chi connectivity index (χ1v) is 9.07. The molecule has 1 N–H and O–H groups in total. The van der Waals surface area contributed by atoms with Crippen molar-refractivity contribution in [1.82, 2.24) is 5.32 Å². The lowest BCUT2D eigenvalue weighted by atomic mass is 10.1. The molecule has 116 valence electrons. The highest BCUT2D eigenvalue weighted by Gasteiger charge is 2.27. The quantitative estimate of drug-likeness (QED) is 0.628. The Hall–Kier alpha value is -1.34. The Kier molecular flexibility index (Phi) is 5.81. The molecule has 1 heterocycles. The lowest BCUT2D eigenvalue weighted by Crippen LogP contribution is -2.31. The summed E-state index contributed by atoms with van der Waals surface area (Å²) in [5.41, 5.74) is 0. The van der Waals surface area contributed by atoms with E-state index in [9.17, 15) is 8.42 Å². The number of ether oxygens (including phenoxy) is 2. The second kappa shape index (κ2) is 7.61. The Balaban J connectivity index is 1.56. The predicted octanol–water partition coefficient (Wildman–Crippen LogP) is 1.39. The standard InChI is InChI=1S/C14H19NO4S2/c16-21(17)9-6-12(11-21)10-15-14(20)19-8-7-18-13-4-2-1-3-5-13/h1-5,12H,6-11H2,(H,15,20). The number of benzene rings is 1. The van der Waals surface area contributed by atoms with E-state index in [4.69, 9.17) is 21.7 Å². The summed E-state index contributed by atoms with van der Waals surface area (Å²) in [6.07, 6.45) is 0.690. The molecule has 21 heavy (non-hydrogen) atoms. The summed E-state index contributed by atoms with van der Waals surface area (Å²) in [6.45, 7) is 1.30. The summed E-state index contributed by atoms with van der Waals surface area (Å²) in [6, 6.07) is 9.47. The van der Waals surface area contributed by atoms with Crippen LogP contribution in [0, 0.1) is 5.92 Å². The number of hydrogen-bond acceptors (Lipinski definition) is 5. The molecule has 0 aliphatic carbocycles. The van der Waals surface area contributed by atoms with Crippen molar-refractivity contribution in [3.63, 3.8) is 0 Å². The first-order chi connectivity index (χ1) is 10.1. The van der Waals surface area contributed by atoms with Gasteiger partial charge in [0.05, 0.1) is 11.5 Å². The minimum atomic E-state index is -2.84. The van der Waals surface area contributed by atoms with Crippen molar-refractivity contribution >= 4 is 27.2 Å². The highest BCUT2D eigenvalue weighted by atomic mass is 32.2. The van der Waals surface area contributed by atoms with Gasteiger partial charge in [-0.1, -0.05) is 18.2 Å². The predicted molar refractivity (Wildman–Crippen MR) is 85.3 cm³/mol.